The Morgan fingerprint density at radius 1 is 0.950 bits per heavy atom. The van der Waals surface area contributed by atoms with Crippen LogP contribution in [0.2, 0.25) is 10.0 Å². The number of anilines is 1. The fourth-order valence-electron chi connectivity index (χ4n) is 4.30. The van der Waals surface area contributed by atoms with Crippen LogP contribution in [-0.2, 0) is 26.0 Å². The second-order valence-corrected chi connectivity index (χ2v) is 12.5. The number of carbonyl (C=O) groups excluding carboxylic acids is 2. The molecule has 214 valence electrons. The lowest BCUT2D eigenvalue weighted by Crippen LogP contribution is -2.54. The Balaban J connectivity index is 2.05. The quantitative estimate of drug-likeness (QED) is 0.280. The van der Waals surface area contributed by atoms with E-state index >= 15 is 0 Å². The first kappa shape index (κ1) is 31.5. The zero-order valence-corrected chi connectivity index (χ0v) is 25.4. The van der Waals surface area contributed by atoms with Crippen LogP contribution in [0.4, 0.5) is 5.69 Å². The number of aryl methyl sites for hydroxylation is 1. The Morgan fingerprint density at radius 3 is 2.20 bits per heavy atom. The maximum absolute atomic E-state index is 14.0. The number of halogens is 2. The van der Waals surface area contributed by atoms with Crippen molar-refractivity contribution in [3.05, 3.63) is 94.0 Å². The van der Waals surface area contributed by atoms with Crippen molar-refractivity contribution in [2.45, 2.75) is 57.5 Å². The molecule has 3 aromatic carbocycles. The van der Waals surface area contributed by atoms with E-state index in [4.69, 9.17) is 23.2 Å². The molecule has 0 heterocycles. The summed E-state index contributed by atoms with van der Waals surface area (Å²) in [7, 11) is -4.24. The molecule has 3 aromatic rings. The number of benzene rings is 3. The lowest BCUT2D eigenvalue weighted by molar-refractivity contribution is -0.139. The first-order valence-electron chi connectivity index (χ1n) is 13.1. The van der Waals surface area contributed by atoms with E-state index in [2.05, 4.69) is 5.32 Å². The third kappa shape index (κ3) is 7.99. The molecule has 0 bridgehead atoms. The van der Waals surface area contributed by atoms with Gasteiger partial charge in [-0.05, 0) is 69.5 Å². The van der Waals surface area contributed by atoms with Gasteiger partial charge in [-0.15, -0.1) is 0 Å². The highest BCUT2D eigenvalue weighted by atomic mass is 35.5. The first-order valence-corrected chi connectivity index (χ1v) is 15.3. The molecule has 10 heteroatoms. The highest BCUT2D eigenvalue weighted by Crippen LogP contribution is 2.33. The number of sulfonamides is 1. The average molecular weight is 605 g/mol. The highest BCUT2D eigenvalue weighted by molar-refractivity contribution is 7.92. The van der Waals surface area contributed by atoms with Gasteiger partial charge in [0, 0.05) is 17.6 Å². The van der Waals surface area contributed by atoms with Crippen LogP contribution in [0.15, 0.2) is 77.7 Å². The Hall–Kier alpha value is -3.07. The maximum atomic E-state index is 14.0. The van der Waals surface area contributed by atoms with E-state index < -0.39 is 28.5 Å². The van der Waals surface area contributed by atoms with Gasteiger partial charge in [-0.2, -0.15) is 0 Å². The molecule has 2 amide bonds. The van der Waals surface area contributed by atoms with Gasteiger partial charge in [-0.25, -0.2) is 8.42 Å². The van der Waals surface area contributed by atoms with Crippen LogP contribution < -0.4 is 9.62 Å². The molecule has 0 aliphatic heterocycles. The van der Waals surface area contributed by atoms with E-state index in [1.54, 1.807) is 18.2 Å². The van der Waals surface area contributed by atoms with Crippen molar-refractivity contribution in [1.82, 2.24) is 10.2 Å². The Labute approximate surface area is 247 Å². The van der Waals surface area contributed by atoms with E-state index in [1.165, 1.54) is 29.2 Å². The minimum absolute atomic E-state index is 0.00219. The second kappa shape index (κ2) is 14.0. The van der Waals surface area contributed by atoms with Crippen LogP contribution in [0.25, 0.3) is 0 Å². The number of amides is 2. The van der Waals surface area contributed by atoms with E-state index in [9.17, 15) is 18.0 Å². The summed E-state index contributed by atoms with van der Waals surface area (Å²) in [5, 5.41) is 3.27. The lowest BCUT2D eigenvalue weighted by Gasteiger charge is -2.33. The predicted molar refractivity (Wildman–Crippen MR) is 161 cm³/mol. The smallest absolute Gasteiger partial charge is 0.264 e. The van der Waals surface area contributed by atoms with Crippen LogP contribution >= 0.6 is 23.2 Å². The number of nitrogens with zero attached hydrogens (tertiary/aromatic N) is 2. The SMILES string of the molecule is CC[C@@H](C(=O)NC(C)C)N(CCc1ccccc1)C(=O)CN(c1cc(Cl)ccc1Cl)S(=O)(=O)c1ccc(C)cc1. The zero-order chi connectivity index (χ0) is 29.4. The number of rotatable bonds is 12. The van der Waals surface area contributed by atoms with Crippen LogP contribution in [0.3, 0.4) is 0 Å². The Morgan fingerprint density at radius 2 is 1.60 bits per heavy atom. The van der Waals surface area contributed by atoms with Crippen LogP contribution in [-0.4, -0.2) is 50.3 Å². The minimum Gasteiger partial charge on any atom is -0.352 e. The van der Waals surface area contributed by atoms with E-state index in [0.717, 1.165) is 15.4 Å². The van der Waals surface area contributed by atoms with Crippen molar-refractivity contribution in [2.24, 2.45) is 0 Å². The second-order valence-electron chi connectivity index (χ2n) is 9.83. The molecule has 0 aromatic heterocycles. The monoisotopic (exact) mass is 603 g/mol. The van der Waals surface area contributed by atoms with Crippen molar-refractivity contribution in [3.63, 3.8) is 0 Å². The van der Waals surface area contributed by atoms with Crippen LogP contribution in [0.1, 0.15) is 38.3 Å². The fraction of sp³-hybridized carbons (Fsp3) is 0.333. The zero-order valence-electron chi connectivity index (χ0n) is 23.1. The predicted octanol–water partition coefficient (Wildman–Crippen LogP) is 5.87. The molecule has 40 heavy (non-hydrogen) atoms. The normalized spacial score (nSPS) is 12.2. The van der Waals surface area contributed by atoms with Gasteiger partial charge in [0.15, 0.2) is 0 Å². The molecule has 0 spiro atoms. The van der Waals surface area contributed by atoms with Gasteiger partial charge in [0.25, 0.3) is 10.0 Å². The van der Waals surface area contributed by atoms with Gasteiger partial charge in [0.05, 0.1) is 15.6 Å². The van der Waals surface area contributed by atoms with Crippen LogP contribution in [0, 0.1) is 6.92 Å². The maximum Gasteiger partial charge on any atom is 0.264 e. The third-order valence-corrected chi connectivity index (χ3v) is 8.69. The summed E-state index contributed by atoms with van der Waals surface area (Å²) in [6.45, 7) is 7.01. The van der Waals surface area contributed by atoms with Crippen molar-refractivity contribution in [1.29, 1.82) is 0 Å². The summed E-state index contributed by atoms with van der Waals surface area (Å²) >= 11 is 12.7. The lowest BCUT2D eigenvalue weighted by atomic mass is 10.1. The molecule has 0 fully saturated rings. The number of carbonyl (C=O) groups is 2. The summed E-state index contributed by atoms with van der Waals surface area (Å²) < 4.78 is 28.8. The number of nitrogens with one attached hydrogen (secondary N) is 1. The first-order chi connectivity index (χ1) is 18.9. The summed E-state index contributed by atoms with van der Waals surface area (Å²) in [6, 6.07) is 19.5. The fourth-order valence-corrected chi connectivity index (χ4v) is 6.17. The van der Waals surface area contributed by atoms with E-state index in [0.29, 0.717) is 12.8 Å². The Kier molecular flexibility index (Phi) is 11.0. The average Bonchev–Trinajstić information content (AvgIpc) is 2.91. The van der Waals surface area contributed by atoms with Crippen molar-refractivity contribution in [3.8, 4) is 0 Å². The van der Waals surface area contributed by atoms with E-state index in [-0.39, 0.29) is 39.1 Å². The largest absolute Gasteiger partial charge is 0.352 e. The molecule has 0 saturated carbocycles. The molecule has 0 aliphatic carbocycles. The molecule has 1 atom stereocenters. The van der Waals surface area contributed by atoms with Crippen molar-refractivity contribution < 1.29 is 18.0 Å². The molecule has 1 N–H and O–H groups in total. The minimum atomic E-state index is -4.24. The van der Waals surface area contributed by atoms with Gasteiger partial charge in [0.1, 0.15) is 12.6 Å². The summed E-state index contributed by atoms with van der Waals surface area (Å²) in [5.41, 5.74) is 1.95. The van der Waals surface area contributed by atoms with Gasteiger partial charge in [-0.3, -0.25) is 13.9 Å². The van der Waals surface area contributed by atoms with Gasteiger partial charge >= 0.3 is 0 Å². The van der Waals surface area contributed by atoms with Gasteiger partial charge < -0.3 is 10.2 Å². The molecule has 0 aliphatic rings. The highest BCUT2D eigenvalue weighted by Gasteiger charge is 2.34. The summed E-state index contributed by atoms with van der Waals surface area (Å²) in [4.78, 5) is 28.7. The molecule has 3 rings (SSSR count). The molecule has 0 radical (unpaired) electrons. The topological polar surface area (TPSA) is 86.8 Å². The van der Waals surface area contributed by atoms with Crippen molar-refractivity contribution in [2.75, 3.05) is 17.4 Å². The summed E-state index contributed by atoms with van der Waals surface area (Å²) in [5.74, 6) is -0.832. The molecular weight excluding hydrogens is 569 g/mol. The number of hydrogen-bond donors (Lipinski definition) is 1. The molecule has 0 unspecified atom stereocenters. The van der Waals surface area contributed by atoms with Gasteiger partial charge in [0.2, 0.25) is 11.8 Å². The van der Waals surface area contributed by atoms with Crippen LogP contribution in [0.5, 0.6) is 0 Å². The molecule has 0 saturated heterocycles. The summed E-state index contributed by atoms with van der Waals surface area (Å²) in [6.07, 6.45) is 0.836. The molecule has 7 nitrogen and oxygen atoms in total. The van der Waals surface area contributed by atoms with Gasteiger partial charge in [-0.1, -0.05) is 78.2 Å². The standard InChI is InChI=1S/C30H35Cl2N3O4S/c1-5-27(30(37)33-21(2)3)34(18-17-23-9-7-6-8-10-23)29(36)20-35(28-19-24(31)13-16-26(28)32)40(38,39)25-14-11-22(4)12-15-25/h6-16,19,21,27H,5,17-18,20H2,1-4H3,(H,33,37)/t27-/m0/s1. The Bertz CT molecular complexity index is 1410. The van der Waals surface area contributed by atoms with Crippen molar-refractivity contribution >= 4 is 50.7 Å². The third-order valence-electron chi connectivity index (χ3n) is 6.37. The molecular formula is C30H35Cl2N3O4S. The van der Waals surface area contributed by atoms with E-state index in [1.807, 2.05) is 58.0 Å². The number of hydrogen-bond acceptors (Lipinski definition) is 4.